The first kappa shape index (κ1) is 13.8. The Kier molecular flexibility index (Phi) is 4.76. The molecule has 1 aliphatic rings. The molecule has 1 aliphatic heterocycles. The molecule has 0 aromatic heterocycles. The number of amides is 1. The fraction of sp³-hybridized carbons (Fsp3) is 0.500. The van der Waals surface area contributed by atoms with Crippen molar-refractivity contribution in [3.05, 3.63) is 23.8 Å². The van der Waals surface area contributed by atoms with Crippen LogP contribution in [0.25, 0.3) is 0 Å². The number of nitrogens with one attached hydrogen (secondary N) is 2. The van der Waals surface area contributed by atoms with Gasteiger partial charge in [0.25, 0.3) is 0 Å². The van der Waals surface area contributed by atoms with E-state index < -0.39 is 0 Å². The number of benzene rings is 1. The lowest BCUT2D eigenvalue weighted by Gasteiger charge is -2.19. The summed E-state index contributed by atoms with van der Waals surface area (Å²) in [4.78, 5) is 14.1. The van der Waals surface area contributed by atoms with Gasteiger partial charge in [-0.2, -0.15) is 0 Å². The van der Waals surface area contributed by atoms with Crippen LogP contribution < -0.4 is 10.6 Å². The Labute approximate surface area is 113 Å². The Hall–Kier alpha value is -1.59. The Morgan fingerprint density at radius 3 is 3.11 bits per heavy atom. The van der Waals surface area contributed by atoms with Crippen LogP contribution in [0.2, 0.25) is 0 Å². The van der Waals surface area contributed by atoms with Crippen molar-refractivity contribution in [2.45, 2.75) is 13.3 Å². The predicted molar refractivity (Wildman–Crippen MR) is 75.4 cm³/mol. The minimum absolute atomic E-state index is 0.0807. The van der Waals surface area contributed by atoms with Crippen molar-refractivity contribution in [2.24, 2.45) is 0 Å². The molecule has 2 rings (SSSR count). The summed E-state index contributed by atoms with van der Waals surface area (Å²) >= 11 is 0. The number of nitrogens with zero attached hydrogens (tertiary/aromatic N) is 1. The predicted octanol–water partition coefficient (Wildman–Crippen LogP) is 0.934. The Morgan fingerprint density at radius 2 is 2.26 bits per heavy atom. The smallest absolute Gasteiger partial charge is 0.238 e. The lowest BCUT2D eigenvalue weighted by atomic mass is 10.2. The van der Waals surface area contributed by atoms with Gasteiger partial charge in [-0.1, -0.05) is 6.07 Å². The summed E-state index contributed by atoms with van der Waals surface area (Å²) in [5.74, 6) is 0.0271. The number of carbonyl (C=O) groups is 1. The molecule has 0 saturated carbocycles. The zero-order valence-electron chi connectivity index (χ0n) is 11.3. The maximum atomic E-state index is 12.0. The molecule has 5 nitrogen and oxygen atoms in total. The van der Waals surface area contributed by atoms with Crippen LogP contribution in [0.5, 0.6) is 5.75 Å². The van der Waals surface area contributed by atoms with E-state index in [1.807, 2.05) is 13.0 Å². The average Bonchev–Trinajstić information content (AvgIpc) is 2.62. The summed E-state index contributed by atoms with van der Waals surface area (Å²) in [5, 5.41) is 15.8. The minimum Gasteiger partial charge on any atom is -0.506 e. The van der Waals surface area contributed by atoms with Gasteiger partial charge in [0.15, 0.2) is 0 Å². The molecule has 0 unspecified atom stereocenters. The third-order valence-corrected chi connectivity index (χ3v) is 3.23. The largest absolute Gasteiger partial charge is 0.506 e. The molecule has 0 bridgehead atoms. The van der Waals surface area contributed by atoms with Crippen molar-refractivity contribution in [1.82, 2.24) is 10.2 Å². The van der Waals surface area contributed by atoms with Crippen LogP contribution in [0, 0.1) is 6.92 Å². The van der Waals surface area contributed by atoms with Gasteiger partial charge in [0.05, 0.1) is 12.2 Å². The fourth-order valence-electron chi connectivity index (χ4n) is 2.20. The number of phenols is 1. The van der Waals surface area contributed by atoms with E-state index in [2.05, 4.69) is 15.5 Å². The minimum atomic E-state index is -0.0807. The van der Waals surface area contributed by atoms with Crippen LogP contribution in [-0.2, 0) is 4.79 Å². The number of aryl methyl sites for hydroxylation is 1. The number of hydrogen-bond acceptors (Lipinski definition) is 4. The van der Waals surface area contributed by atoms with E-state index >= 15 is 0 Å². The van der Waals surface area contributed by atoms with E-state index in [0.717, 1.165) is 38.2 Å². The lowest BCUT2D eigenvalue weighted by molar-refractivity contribution is -0.117. The van der Waals surface area contributed by atoms with E-state index in [0.29, 0.717) is 12.2 Å². The molecule has 0 aliphatic carbocycles. The van der Waals surface area contributed by atoms with Crippen molar-refractivity contribution >= 4 is 11.6 Å². The molecule has 5 heteroatoms. The van der Waals surface area contributed by atoms with Gasteiger partial charge in [0.1, 0.15) is 5.75 Å². The van der Waals surface area contributed by atoms with E-state index in [4.69, 9.17) is 0 Å². The summed E-state index contributed by atoms with van der Waals surface area (Å²) in [6, 6.07) is 5.18. The maximum Gasteiger partial charge on any atom is 0.238 e. The molecule has 0 atom stereocenters. The number of rotatable bonds is 3. The zero-order chi connectivity index (χ0) is 13.7. The van der Waals surface area contributed by atoms with Gasteiger partial charge >= 0.3 is 0 Å². The topological polar surface area (TPSA) is 64.6 Å². The molecule has 1 fully saturated rings. The molecule has 0 spiro atoms. The summed E-state index contributed by atoms with van der Waals surface area (Å²) in [6.45, 7) is 6.04. The lowest BCUT2D eigenvalue weighted by Crippen LogP contribution is -2.35. The van der Waals surface area contributed by atoms with Crippen LogP contribution in [-0.4, -0.2) is 48.6 Å². The average molecular weight is 263 g/mol. The highest BCUT2D eigenvalue weighted by Gasteiger charge is 2.13. The zero-order valence-corrected chi connectivity index (χ0v) is 11.3. The molecule has 1 heterocycles. The van der Waals surface area contributed by atoms with E-state index in [-0.39, 0.29) is 11.7 Å². The Bertz CT molecular complexity index is 440. The van der Waals surface area contributed by atoms with Crippen molar-refractivity contribution < 1.29 is 9.90 Å². The Morgan fingerprint density at radius 1 is 1.42 bits per heavy atom. The van der Waals surface area contributed by atoms with E-state index in [1.165, 1.54) is 0 Å². The van der Waals surface area contributed by atoms with Crippen molar-refractivity contribution in [1.29, 1.82) is 0 Å². The molecule has 1 saturated heterocycles. The van der Waals surface area contributed by atoms with Gasteiger partial charge in [-0.25, -0.2) is 0 Å². The molecular weight excluding hydrogens is 242 g/mol. The molecule has 104 valence electrons. The van der Waals surface area contributed by atoms with Gasteiger partial charge in [-0.15, -0.1) is 0 Å². The number of hydrogen-bond donors (Lipinski definition) is 3. The van der Waals surface area contributed by atoms with Crippen molar-refractivity contribution in [3.63, 3.8) is 0 Å². The van der Waals surface area contributed by atoms with Crippen LogP contribution in [0.1, 0.15) is 12.0 Å². The third kappa shape index (κ3) is 4.22. The normalized spacial score (nSPS) is 16.9. The summed E-state index contributed by atoms with van der Waals surface area (Å²) in [7, 11) is 0. The van der Waals surface area contributed by atoms with Crippen LogP contribution in [0.3, 0.4) is 0 Å². The second kappa shape index (κ2) is 6.54. The van der Waals surface area contributed by atoms with E-state index in [9.17, 15) is 9.90 Å². The van der Waals surface area contributed by atoms with Gasteiger partial charge in [-0.3, -0.25) is 9.69 Å². The van der Waals surface area contributed by atoms with Crippen molar-refractivity contribution in [2.75, 3.05) is 38.0 Å². The van der Waals surface area contributed by atoms with Gasteiger partial charge in [0, 0.05) is 13.1 Å². The number of phenolic OH excluding ortho intramolecular Hbond substituents is 1. The van der Waals surface area contributed by atoms with Crippen LogP contribution >= 0.6 is 0 Å². The molecular formula is C14H21N3O2. The first-order chi connectivity index (χ1) is 9.15. The molecule has 1 amide bonds. The standard InChI is InChI=1S/C14H21N3O2/c1-11-3-4-13(18)12(9-11)16-14(19)10-17-7-2-5-15-6-8-17/h3-4,9,15,18H,2,5-8,10H2,1H3,(H,16,19). The second-order valence-electron chi connectivity index (χ2n) is 4.95. The molecule has 19 heavy (non-hydrogen) atoms. The fourth-order valence-corrected chi connectivity index (χ4v) is 2.20. The van der Waals surface area contributed by atoms with E-state index in [1.54, 1.807) is 12.1 Å². The maximum absolute atomic E-state index is 12.0. The second-order valence-corrected chi connectivity index (χ2v) is 4.95. The van der Waals surface area contributed by atoms with Crippen LogP contribution in [0.4, 0.5) is 5.69 Å². The highest BCUT2D eigenvalue weighted by molar-refractivity contribution is 5.93. The van der Waals surface area contributed by atoms with Crippen LogP contribution in [0.15, 0.2) is 18.2 Å². The highest BCUT2D eigenvalue weighted by Crippen LogP contribution is 2.23. The molecule has 3 N–H and O–H groups in total. The molecule has 1 aromatic rings. The van der Waals surface area contributed by atoms with Crippen molar-refractivity contribution in [3.8, 4) is 5.75 Å². The first-order valence-electron chi connectivity index (χ1n) is 6.68. The monoisotopic (exact) mass is 263 g/mol. The summed E-state index contributed by atoms with van der Waals surface area (Å²) < 4.78 is 0. The highest BCUT2D eigenvalue weighted by atomic mass is 16.3. The van der Waals surface area contributed by atoms with Gasteiger partial charge in [0.2, 0.25) is 5.91 Å². The molecule has 0 radical (unpaired) electrons. The Balaban J connectivity index is 1.91. The first-order valence-corrected chi connectivity index (χ1v) is 6.68. The number of aromatic hydroxyl groups is 1. The van der Waals surface area contributed by atoms with Gasteiger partial charge < -0.3 is 15.7 Å². The SMILES string of the molecule is Cc1ccc(O)c(NC(=O)CN2CCCNCC2)c1. The summed E-state index contributed by atoms with van der Waals surface area (Å²) in [5.41, 5.74) is 1.49. The number of carbonyl (C=O) groups excluding carboxylic acids is 1. The summed E-state index contributed by atoms with van der Waals surface area (Å²) in [6.07, 6.45) is 1.06. The third-order valence-electron chi connectivity index (χ3n) is 3.23. The quantitative estimate of drug-likeness (QED) is 0.710. The van der Waals surface area contributed by atoms with Gasteiger partial charge in [-0.05, 0) is 44.1 Å². The number of anilines is 1. The molecule has 1 aromatic carbocycles.